The van der Waals surface area contributed by atoms with Crippen molar-refractivity contribution in [2.75, 3.05) is 12.1 Å². The van der Waals surface area contributed by atoms with Gasteiger partial charge in [0.1, 0.15) is 0 Å². The van der Waals surface area contributed by atoms with Crippen LogP contribution >= 0.6 is 27.3 Å². The molecule has 0 saturated heterocycles. The van der Waals surface area contributed by atoms with Gasteiger partial charge in [-0.2, -0.15) is 5.10 Å². The van der Waals surface area contributed by atoms with Gasteiger partial charge in [-0.3, -0.25) is 0 Å². The smallest absolute Gasteiger partial charge is 0.206 e. The van der Waals surface area contributed by atoms with E-state index in [0.29, 0.717) is 0 Å². The van der Waals surface area contributed by atoms with Gasteiger partial charge in [0.05, 0.1) is 11.9 Å². The molecule has 0 unspecified atom stereocenters. The Morgan fingerprint density at radius 1 is 1.09 bits per heavy atom. The fraction of sp³-hybridized carbons (Fsp3) is 0.0588. The molecule has 0 saturated carbocycles. The van der Waals surface area contributed by atoms with Crippen molar-refractivity contribution in [1.82, 2.24) is 4.98 Å². The first-order chi connectivity index (χ1) is 10.7. The maximum atomic E-state index is 4.63. The molecule has 1 heterocycles. The third kappa shape index (κ3) is 3.61. The second-order valence-corrected chi connectivity index (χ2v) is 6.45. The Bertz CT molecular complexity index is 766. The van der Waals surface area contributed by atoms with Crippen LogP contribution in [-0.2, 0) is 0 Å². The molecule has 110 valence electrons. The van der Waals surface area contributed by atoms with E-state index < -0.39 is 0 Å². The number of nitrogens with zero attached hydrogens (tertiary/aromatic N) is 3. The van der Waals surface area contributed by atoms with Gasteiger partial charge in [0.15, 0.2) is 0 Å². The number of hydrazone groups is 1. The van der Waals surface area contributed by atoms with Crippen molar-refractivity contribution in [3.8, 4) is 11.3 Å². The second kappa shape index (κ2) is 6.85. The molecule has 3 nitrogen and oxygen atoms in total. The van der Waals surface area contributed by atoms with E-state index in [0.717, 1.165) is 26.4 Å². The van der Waals surface area contributed by atoms with Crippen molar-refractivity contribution in [1.29, 1.82) is 0 Å². The van der Waals surface area contributed by atoms with Crippen molar-refractivity contribution in [2.24, 2.45) is 5.10 Å². The first-order valence-electron chi connectivity index (χ1n) is 6.76. The molecule has 5 heteroatoms. The summed E-state index contributed by atoms with van der Waals surface area (Å²) in [6, 6.07) is 18.2. The molecule has 0 bridgehead atoms. The van der Waals surface area contributed by atoms with Crippen LogP contribution in [0.3, 0.4) is 0 Å². The summed E-state index contributed by atoms with van der Waals surface area (Å²) in [5.74, 6) is 0. The summed E-state index contributed by atoms with van der Waals surface area (Å²) >= 11 is 5.01. The minimum atomic E-state index is 0.868. The van der Waals surface area contributed by atoms with Crippen LogP contribution in [0.25, 0.3) is 11.3 Å². The monoisotopic (exact) mass is 371 g/mol. The maximum Gasteiger partial charge on any atom is 0.206 e. The Labute approximate surface area is 142 Å². The van der Waals surface area contributed by atoms with Gasteiger partial charge in [0.2, 0.25) is 5.13 Å². The molecule has 0 spiro atoms. The minimum Gasteiger partial charge on any atom is -0.242 e. The lowest BCUT2D eigenvalue weighted by Crippen LogP contribution is -2.08. The predicted molar refractivity (Wildman–Crippen MR) is 97.7 cm³/mol. The molecule has 22 heavy (non-hydrogen) atoms. The standard InChI is InChI=1S/C17H14BrN3S/c1-21(19-11-13-7-9-15(18)10-8-13)17-20-16(12-22-17)14-5-3-2-4-6-14/h2-12H,1H3. The topological polar surface area (TPSA) is 28.5 Å². The molecule has 0 radical (unpaired) electrons. The predicted octanol–water partition coefficient (Wildman–Crippen LogP) is 5.04. The number of hydrogen-bond donors (Lipinski definition) is 0. The first-order valence-corrected chi connectivity index (χ1v) is 8.44. The van der Waals surface area contributed by atoms with Crippen molar-refractivity contribution in [3.63, 3.8) is 0 Å². The normalized spacial score (nSPS) is 11.0. The van der Waals surface area contributed by atoms with E-state index >= 15 is 0 Å². The van der Waals surface area contributed by atoms with Gasteiger partial charge in [-0.25, -0.2) is 9.99 Å². The molecule has 0 atom stereocenters. The summed E-state index contributed by atoms with van der Waals surface area (Å²) in [6.07, 6.45) is 1.83. The van der Waals surface area contributed by atoms with Crippen LogP contribution < -0.4 is 5.01 Å². The number of rotatable bonds is 4. The average molecular weight is 372 g/mol. The molecule has 0 N–H and O–H groups in total. The van der Waals surface area contributed by atoms with Crippen molar-refractivity contribution in [2.45, 2.75) is 0 Å². The van der Waals surface area contributed by atoms with E-state index in [1.54, 1.807) is 16.3 Å². The zero-order chi connectivity index (χ0) is 15.4. The third-order valence-electron chi connectivity index (χ3n) is 3.09. The van der Waals surface area contributed by atoms with Crippen molar-refractivity contribution >= 4 is 38.6 Å². The molecule has 3 aromatic rings. The zero-order valence-electron chi connectivity index (χ0n) is 12.0. The lowest BCUT2D eigenvalue weighted by molar-refractivity contribution is 1.01. The van der Waals surface area contributed by atoms with Gasteiger partial charge in [-0.05, 0) is 17.7 Å². The number of anilines is 1. The summed E-state index contributed by atoms with van der Waals surface area (Å²) in [5, 5.41) is 9.15. The molecule has 0 aliphatic rings. The zero-order valence-corrected chi connectivity index (χ0v) is 14.4. The Balaban J connectivity index is 1.74. The van der Waals surface area contributed by atoms with Crippen LogP contribution in [0.5, 0.6) is 0 Å². The van der Waals surface area contributed by atoms with E-state index in [-0.39, 0.29) is 0 Å². The maximum absolute atomic E-state index is 4.63. The summed E-state index contributed by atoms with van der Waals surface area (Å²) in [6.45, 7) is 0. The van der Waals surface area contributed by atoms with E-state index in [1.165, 1.54) is 0 Å². The number of aromatic nitrogens is 1. The van der Waals surface area contributed by atoms with Crippen molar-refractivity contribution < 1.29 is 0 Å². The number of benzene rings is 2. The molecule has 2 aromatic carbocycles. The van der Waals surface area contributed by atoms with Crippen LogP contribution in [0.2, 0.25) is 0 Å². The Hall–Kier alpha value is -1.98. The lowest BCUT2D eigenvalue weighted by Gasteiger charge is -2.07. The number of hydrogen-bond acceptors (Lipinski definition) is 4. The van der Waals surface area contributed by atoms with Gasteiger partial charge >= 0.3 is 0 Å². The summed E-state index contributed by atoms with van der Waals surface area (Å²) in [4.78, 5) is 4.63. The minimum absolute atomic E-state index is 0.868. The highest BCUT2D eigenvalue weighted by Crippen LogP contribution is 2.26. The van der Waals surface area contributed by atoms with Crippen molar-refractivity contribution in [3.05, 3.63) is 70.0 Å². The highest BCUT2D eigenvalue weighted by molar-refractivity contribution is 9.10. The molecule has 3 rings (SSSR count). The Morgan fingerprint density at radius 3 is 2.55 bits per heavy atom. The fourth-order valence-electron chi connectivity index (χ4n) is 1.91. The molecule has 0 aliphatic heterocycles. The highest BCUT2D eigenvalue weighted by atomic mass is 79.9. The molecule has 0 amide bonds. The summed E-state index contributed by atoms with van der Waals surface area (Å²) in [5.41, 5.74) is 3.15. The van der Waals surface area contributed by atoms with Crippen LogP contribution in [-0.4, -0.2) is 18.2 Å². The van der Waals surface area contributed by atoms with E-state index in [1.807, 2.05) is 55.7 Å². The van der Waals surface area contributed by atoms with Gasteiger partial charge < -0.3 is 0 Å². The molecule has 1 aromatic heterocycles. The van der Waals surface area contributed by atoms with Gasteiger partial charge in [-0.15, -0.1) is 11.3 Å². The molecule has 0 aliphatic carbocycles. The fourth-order valence-corrected chi connectivity index (χ4v) is 2.93. The van der Waals surface area contributed by atoms with E-state index in [2.05, 4.69) is 43.5 Å². The Kier molecular flexibility index (Phi) is 4.65. The Morgan fingerprint density at radius 2 is 1.82 bits per heavy atom. The molecule has 0 fully saturated rings. The lowest BCUT2D eigenvalue weighted by atomic mass is 10.2. The van der Waals surface area contributed by atoms with Crippen LogP contribution in [0.1, 0.15) is 5.56 Å². The van der Waals surface area contributed by atoms with Crippen LogP contribution in [0, 0.1) is 0 Å². The average Bonchev–Trinajstić information content (AvgIpc) is 3.05. The third-order valence-corrected chi connectivity index (χ3v) is 4.52. The molecular weight excluding hydrogens is 358 g/mol. The molecular formula is C17H14BrN3S. The highest BCUT2D eigenvalue weighted by Gasteiger charge is 2.07. The number of halogens is 1. The van der Waals surface area contributed by atoms with Gasteiger partial charge in [-0.1, -0.05) is 58.4 Å². The van der Waals surface area contributed by atoms with Crippen LogP contribution in [0.4, 0.5) is 5.13 Å². The summed E-state index contributed by atoms with van der Waals surface area (Å²) in [7, 11) is 1.91. The van der Waals surface area contributed by atoms with Gasteiger partial charge in [0.25, 0.3) is 0 Å². The van der Waals surface area contributed by atoms with E-state index in [4.69, 9.17) is 0 Å². The number of thiazole rings is 1. The van der Waals surface area contributed by atoms with Crippen LogP contribution in [0.15, 0.2) is 69.6 Å². The first kappa shape index (κ1) is 14.9. The largest absolute Gasteiger partial charge is 0.242 e. The second-order valence-electron chi connectivity index (χ2n) is 4.70. The quantitative estimate of drug-likeness (QED) is 0.474. The summed E-state index contributed by atoms with van der Waals surface area (Å²) < 4.78 is 1.06. The van der Waals surface area contributed by atoms with Gasteiger partial charge in [0, 0.05) is 22.5 Å². The SMILES string of the molecule is CN(N=Cc1ccc(Br)cc1)c1nc(-c2ccccc2)cs1. The van der Waals surface area contributed by atoms with E-state index in [9.17, 15) is 0 Å².